The molecule has 0 aliphatic carbocycles. The molecule has 0 spiro atoms. The van der Waals surface area contributed by atoms with E-state index in [0.717, 1.165) is 28.9 Å². The van der Waals surface area contributed by atoms with Crippen LogP contribution in [0.2, 0.25) is 0 Å². The molecule has 1 atom stereocenters. The number of nitriles is 1. The van der Waals surface area contributed by atoms with E-state index in [1.165, 1.54) is 5.56 Å². The van der Waals surface area contributed by atoms with Gasteiger partial charge in [0.05, 0.1) is 29.1 Å². The molecule has 2 aromatic carbocycles. The average molecular weight is 457 g/mol. The van der Waals surface area contributed by atoms with E-state index in [1.807, 2.05) is 44.2 Å². The quantitative estimate of drug-likeness (QED) is 0.493. The second-order valence-corrected chi connectivity index (χ2v) is 7.83. The number of aryl methyl sites for hydroxylation is 2. The van der Waals surface area contributed by atoms with Crippen molar-refractivity contribution in [3.05, 3.63) is 83.1 Å². The summed E-state index contributed by atoms with van der Waals surface area (Å²) in [5.74, 6) is 1.69. The number of fused-ring (bicyclic) bond motifs is 1. The van der Waals surface area contributed by atoms with Gasteiger partial charge in [0.1, 0.15) is 12.7 Å². The highest BCUT2D eigenvalue weighted by Crippen LogP contribution is 2.43. The van der Waals surface area contributed by atoms with Gasteiger partial charge in [0.2, 0.25) is 5.88 Å². The van der Waals surface area contributed by atoms with E-state index >= 15 is 0 Å². The summed E-state index contributed by atoms with van der Waals surface area (Å²) >= 11 is 0. The van der Waals surface area contributed by atoms with E-state index in [2.05, 4.69) is 31.7 Å². The Bertz CT molecular complexity index is 1280. The second kappa shape index (κ2) is 9.86. The zero-order chi connectivity index (χ0) is 24.2. The van der Waals surface area contributed by atoms with Crippen molar-refractivity contribution in [3.63, 3.8) is 0 Å². The van der Waals surface area contributed by atoms with E-state index in [4.69, 9.17) is 25.0 Å². The van der Waals surface area contributed by atoms with E-state index < -0.39 is 6.23 Å². The third-order valence-corrected chi connectivity index (χ3v) is 5.66. The van der Waals surface area contributed by atoms with Crippen LogP contribution in [0.3, 0.4) is 0 Å². The van der Waals surface area contributed by atoms with Crippen LogP contribution in [0.5, 0.6) is 17.4 Å². The number of nitrogens with two attached hydrogens (primary N) is 1. The second-order valence-electron chi connectivity index (χ2n) is 7.83. The molecule has 1 aromatic heterocycles. The largest absolute Gasteiger partial charge is 0.490 e. The van der Waals surface area contributed by atoms with Crippen molar-refractivity contribution in [3.8, 4) is 29.1 Å². The van der Waals surface area contributed by atoms with Crippen molar-refractivity contribution >= 4 is 5.57 Å². The standard InChI is InChI=1S/C27H28N4O3/c1-5-14-33-22-13-10-19(15-23(22)32-7-3)25-21(16-28)26(29)34-27-24(25)17(4)30-31(27)20-11-8-18(6-2)9-12-20/h5,8-13,15,26H,1,6-7,14,29H2,2-4H3. The Hall–Kier alpha value is -4.02. The van der Waals surface area contributed by atoms with Gasteiger partial charge in [-0.2, -0.15) is 10.4 Å². The summed E-state index contributed by atoms with van der Waals surface area (Å²) < 4.78 is 19.3. The fourth-order valence-electron chi connectivity index (χ4n) is 4.03. The Labute approximate surface area is 199 Å². The summed E-state index contributed by atoms with van der Waals surface area (Å²) in [6.45, 7) is 10.4. The molecule has 4 rings (SSSR count). The molecular formula is C27H28N4O3. The van der Waals surface area contributed by atoms with E-state index in [-0.39, 0.29) is 0 Å². The molecule has 0 bridgehead atoms. The summed E-state index contributed by atoms with van der Waals surface area (Å²) in [7, 11) is 0. The summed E-state index contributed by atoms with van der Waals surface area (Å²) in [6.07, 6.45) is 1.70. The van der Waals surface area contributed by atoms with Crippen molar-refractivity contribution in [2.45, 2.75) is 33.4 Å². The van der Waals surface area contributed by atoms with Gasteiger partial charge in [-0.3, -0.25) is 5.73 Å². The van der Waals surface area contributed by atoms with Crippen LogP contribution < -0.4 is 19.9 Å². The van der Waals surface area contributed by atoms with Gasteiger partial charge in [0.25, 0.3) is 0 Å². The van der Waals surface area contributed by atoms with Gasteiger partial charge >= 0.3 is 0 Å². The molecule has 1 aliphatic heterocycles. The molecule has 0 saturated carbocycles. The topological polar surface area (TPSA) is 95.3 Å². The molecule has 2 heterocycles. The molecule has 0 radical (unpaired) electrons. The van der Waals surface area contributed by atoms with Gasteiger partial charge in [0.15, 0.2) is 17.7 Å². The first kappa shape index (κ1) is 23.1. The van der Waals surface area contributed by atoms with Crippen LogP contribution in [0, 0.1) is 18.3 Å². The molecule has 174 valence electrons. The fraction of sp³-hybridized carbons (Fsp3) is 0.259. The molecule has 1 aliphatic rings. The third-order valence-electron chi connectivity index (χ3n) is 5.66. The monoisotopic (exact) mass is 456 g/mol. The maximum Gasteiger partial charge on any atom is 0.226 e. The van der Waals surface area contributed by atoms with E-state index in [1.54, 1.807) is 10.8 Å². The molecule has 0 saturated heterocycles. The summed E-state index contributed by atoms with van der Waals surface area (Å²) in [4.78, 5) is 0. The van der Waals surface area contributed by atoms with Crippen LogP contribution in [-0.4, -0.2) is 29.2 Å². The van der Waals surface area contributed by atoms with Gasteiger partial charge in [-0.25, -0.2) is 4.68 Å². The zero-order valence-corrected chi connectivity index (χ0v) is 19.7. The third kappa shape index (κ3) is 4.16. The van der Waals surface area contributed by atoms with Crippen molar-refractivity contribution in [2.24, 2.45) is 5.73 Å². The van der Waals surface area contributed by atoms with Gasteiger partial charge in [-0.05, 0) is 55.7 Å². The Morgan fingerprint density at radius 3 is 2.59 bits per heavy atom. The number of rotatable bonds is 8. The van der Waals surface area contributed by atoms with Crippen LogP contribution in [0.1, 0.15) is 36.2 Å². The zero-order valence-electron chi connectivity index (χ0n) is 19.7. The van der Waals surface area contributed by atoms with Crippen LogP contribution in [0.25, 0.3) is 11.3 Å². The predicted molar refractivity (Wildman–Crippen MR) is 131 cm³/mol. The van der Waals surface area contributed by atoms with Gasteiger partial charge < -0.3 is 14.2 Å². The Balaban J connectivity index is 1.88. The fourth-order valence-corrected chi connectivity index (χ4v) is 4.03. The first-order valence-electron chi connectivity index (χ1n) is 11.3. The smallest absolute Gasteiger partial charge is 0.226 e. The molecular weight excluding hydrogens is 428 g/mol. The van der Waals surface area contributed by atoms with Crippen molar-refractivity contribution in [2.75, 3.05) is 13.2 Å². The normalized spacial score (nSPS) is 14.7. The number of hydrogen-bond donors (Lipinski definition) is 1. The molecule has 34 heavy (non-hydrogen) atoms. The van der Waals surface area contributed by atoms with Gasteiger partial charge in [-0.15, -0.1) is 0 Å². The number of hydrogen-bond acceptors (Lipinski definition) is 6. The number of benzene rings is 2. The maximum absolute atomic E-state index is 9.97. The first-order chi connectivity index (χ1) is 16.5. The van der Waals surface area contributed by atoms with Crippen molar-refractivity contribution in [1.82, 2.24) is 9.78 Å². The molecule has 1 unspecified atom stereocenters. The first-order valence-corrected chi connectivity index (χ1v) is 11.3. The van der Waals surface area contributed by atoms with E-state index in [9.17, 15) is 5.26 Å². The predicted octanol–water partition coefficient (Wildman–Crippen LogP) is 4.71. The minimum atomic E-state index is -0.926. The highest BCUT2D eigenvalue weighted by Gasteiger charge is 2.33. The molecule has 7 nitrogen and oxygen atoms in total. The number of aromatic nitrogens is 2. The summed E-state index contributed by atoms with van der Waals surface area (Å²) in [5, 5.41) is 14.7. The molecule has 2 N–H and O–H groups in total. The SMILES string of the molecule is C=CCOc1ccc(C2=C(C#N)C(N)Oc3c2c(C)nn3-c2ccc(CC)cc2)cc1OCC. The van der Waals surface area contributed by atoms with Crippen LogP contribution >= 0.6 is 0 Å². The van der Waals surface area contributed by atoms with Gasteiger partial charge in [-0.1, -0.05) is 37.8 Å². The summed E-state index contributed by atoms with van der Waals surface area (Å²) in [5.41, 5.74) is 11.7. The van der Waals surface area contributed by atoms with Crippen LogP contribution in [0.15, 0.2) is 60.7 Å². The molecule has 3 aromatic rings. The lowest BCUT2D eigenvalue weighted by Gasteiger charge is -2.25. The Morgan fingerprint density at radius 2 is 1.94 bits per heavy atom. The Morgan fingerprint density at radius 1 is 1.18 bits per heavy atom. The maximum atomic E-state index is 9.97. The Kier molecular flexibility index (Phi) is 6.71. The van der Waals surface area contributed by atoms with E-state index in [0.29, 0.717) is 41.7 Å². The minimum absolute atomic E-state index is 0.332. The van der Waals surface area contributed by atoms with Gasteiger partial charge in [0, 0.05) is 5.57 Å². The molecule has 0 amide bonds. The molecule has 7 heteroatoms. The van der Waals surface area contributed by atoms with Crippen LogP contribution in [0.4, 0.5) is 0 Å². The highest BCUT2D eigenvalue weighted by atomic mass is 16.5. The average Bonchev–Trinajstić information content (AvgIpc) is 3.18. The van der Waals surface area contributed by atoms with Crippen LogP contribution in [-0.2, 0) is 6.42 Å². The lowest BCUT2D eigenvalue weighted by Crippen LogP contribution is -2.33. The molecule has 0 fully saturated rings. The lowest BCUT2D eigenvalue weighted by atomic mass is 9.91. The summed E-state index contributed by atoms with van der Waals surface area (Å²) in [6, 6.07) is 16.0. The lowest BCUT2D eigenvalue weighted by molar-refractivity contribution is 0.228. The number of nitrogens with zero attached hydrogens (tertiary/aromatic N) is 3. The highest BCUT2D eigenvalue weighted by molar-refractivity contribution is 5.90. The van der Waals surface area contributed by atoms with Crippen molar-refractivity contribution in [1.29, 1.82) is 5.26 Å². The minimum Gasteiger partial charge on any atom is -0.490 e. The number of ether oxygens (including phenoxy) is 3. The van der Waals surface area contributed by atoms with Crippen molar-refractivity contribution < 1.29 is 14.2 Å².